The van der Waals surface area contributed by atoms with Gasteiger partial charge in [-0.15, -0.1) is 0 Å². The Morgan fingerprint density at radius 1 is 1.26 bits per heavy atom. The second-order valence-corrected chi connectivity index (χ2v) is 6.35. The molecule has 2 aromatic carbocycles. The summed E-state index contributed by atoms with van der Waals surface area (Å²) in [5.74, 6) is -0.326. The highest BCUT2D eigenvalue weighted by atomic mass is 16.6. The van der Waals surface area contributed by atoms with E-state index in [4.69, 9.17) is 4.74 Å². The van der Waals surface area contributed by atoms with Crippen molar-refractivity contribution in [1.29, 1.82) is 0 Å². The number of nitrogens with zero attached hydrogens (tertiary/aromatic N) is 2. The van der Waals surface area contributed by atoms with Crippen LogP contribution in [0.5, 0.6) is 5.75 Å². The van der Waals surface area contributed by atoms with Crippen LogP contribution in [0.3, 0.4) is 0 Å². The zero-order chi connectivity index (χ0) is 19.6. The lowest BCUT2D eigenvalue weighted by Gasteiger charge is -2.17. The lowest BCUT2D eigenvalue weighted by atomic mass is 10.1. The molecule has 1 saturated heterocycles. The average Bonchev–Trinajstić information content (AvgIpc) is 3.05. The van der Waals surface area contributed by atoms with Gasteiger partial charge in [0.15, 0.2) is 0 Å². The number of benzene rings is 2. The van der Waals surface area contributed by atoms with Gasteiger partial charge in [0.25, 0.3) is 5.69 Å². The first-order chi connectivity index (χ1) is 12.9. The first-order valence-electron chi connectivity index (χ1n) is 8.39. The molecule has 2 amide bonds. The molecule has 1 N–H and O–H groups in total. The van der Waals surface area contributed by atoms with Gasteiger partial charge in [-0.2, -0.15) is 0 Å². The molecule has 1 atom stereocenters. The Morgan fingerprint density at radius 2 is 1.96 bits per heavy atom. The Hall–Kier alpha value is -3.42. The molecular weight excluding hydrogens is 350 g/mol. The third-order valence-corrected chi connectivity index (χ3v) is 4.55. The second kappa shape index (κ2) is 7.45. The SMILES string of the molecule is COc1ccc(N2CC(C(=O)Nc3ccc(C)c([N+](=O)[O-])c3)CC2=O)cc1. The number of nitro benzene ring substituents is 1. The number of rotatable bonds is 5. The Balaban J connectivity index is 1.70. The number of aryl methyl sites for hydroxylation is 1. The molecular formula is C19H19N3O5. The Bertz CT molecular complexity index is 895. The molecule has 0 saturated carbocycles. The number of anilines is 2. The van der Waals surface area contributed by atoms with E-state index in [0.717, 1.165) is 0 Å². The van der Waals surface area contributed by atoms with Crippen LogP contribution in [-0.2, 0) is 9.59 Å². The topological polar surface area (TPSA) is 102 Å². The fourth-order valence-corrected chi connectivity index (χ4v) is 3.02. The minimum absolute atomic E-state index is 0.0600. The van der Waals surface area contributed by atoms with Crippen LogP contribution in [0.4, 0.5) is 17.1 Å². The van der Waals surface area contributed by atoms with Gasteiger partial charge in [-0.25, -0.2) is 0 Å². The van der Waals surface area contributed by atoms with Crippen molar-refractivity contribution in [1.82, 2.24) is 0 Å². The number of nitro groups is 1. The summed E-state index contributed by atoms with van der Waals surface area (Å²) in [4.78, 5) is 36.9. The van der Waals surface area contributed by atoms with Crippen LogP contribution in [-0.4, -0.2) is 30.4 Å². The van der Waals surface area contributed by atoms with Crippen molar-refractivity contribution in [3.05, 3.63) is 58.1 Å². The van der Waals surface area contributed by atoms with E-state index in [1.165, 1.54) is 6.07 Å². The van der Waals surface area contributed by atoms with E-state index in [1.807, 2.05) is 0 Å². The van der Waals surface area contributed by atoms with E-state index in [1.54, 1.807) is 55.3 Å². The van der Waals surface area contributed by atoms with Gasteiger partial charge in [0.1, 0.15) is 5.75 Å². The van der Waals surface area contributed by atoms with Crippen LogP contribution in [0, 0.1) is 23.0 Å². The number of methoxy groups -OCH3 is 1. The van der Waals surface area contributed by atoms with Crippen LogP contribution in [0.2, 0.25) is 0 Å². The highest BCUT2D eigenvalue weighted by molar-refractivity contribution is 6.03. The Morgan fingerprint density at radius 3 is 2.59 bits per heavy atom. The molecule has 0 spiro atoms. The van der Waals surface area contributed by atoms with E-state index in [9.17, 15) is 19.7 Å². The highest BCUT2D eigenvalue weighted by Crippen LogP contribution is 2.28. The molecule has 0 radical (unpaired) electrons. The van der Waals surface area contributed by atoms with E-state index < -0.39 is 10.8 Å². The van der Waals surface area contributed by atoms with Crippen molar-refractivity contribution in [3.63, 3.8) is 0 Å². The number of hydrogen-bond acceptors (Lipinski definition) is 5. The lowest BCUT2D eigenvalue weighted by molar-refractivity contribution is -0.385. The quantitative estimate of drug-likeness (QED) is 0.645. The van der Waals surface area contributed by atoms with E-state index in [0.29, 0.717) is 22.7 Å². The van der Waals surface area contributed by atoms with Crippen LogP contribution in [0.1, 0.15) is 12.0 Å². The second-order valence-electron chi connectivity index (χ2n) is 6.35. The molecule has 0 aromatic heterocycles. The molecule has 1 aliphatic rings. The molecule has 0 bridgehead atoms. The fraction of sp³-hybridized carbons (Fsp3) is 0.263. The van der Waals surface area contributed by atoms with Crippen molar-refractivity contribution < 1.29 is 19.2 Å². The van der Waals surface area contributed by atoms with Gasteiger partial charge >= 0.3 is 0 Å². The molecule has 3 rings (SSSR count). The standard InChI is InChI=1S/C19H19N3O5/c1-12-3-4-14(10-17(12)22(25)26)20-19(24)13-9-18(23)21(11-13)15-5-7-16(27-2)8-6-15/h3-8,10,13H,9,11H2,1-2H3,(H,20,24). The average molecular weight is 369 g/mol. The first kappa shape index (κ1) is 18.4. The van der Waals surface area contributed by atoms with Gasteiger partial charge in [-0.1, -0.05) is 6.07 Å². The number of amides is 2. The zero-order valence-electron chi connectivity index (χ0n) is 15.0. The Kier molecular flexibility index (Phi) is 5.07. The summed E-state index contributed by atoms with van der Waals surface area (Å²) in [6.07, 6.45) is 0.0891. The molecule has 8 nitrogen and oxygen atoms in total. The molecule has 1 unspecified atom stereocenters. The fourth-order valence-electron chi connectivity index (χ4n) is 3.02. The van der Waals surface area contributed by atoms with E-state index in [2.05, 4.69) is 5.32 Å². The number of hydrogen-bond donors (Lipinski definition) is 1. The maximum Gasteiger partial charge on any atom is 0.274 e. The third kappa shape index (κ3) is 3.89. The van der Waals surface area contributed by atoms with Gasteiger partial charge < -0.3 is 15.0 Å². The summed E-state index contributed by atoms with van der Waals surface area (Å²) in [7, 11) is 1.56. The number of carbonyl (C=O) groups excluding carboxylic acids is 2. The van der Waals surface area contributed by atoms with E-state index in [-0.39, 0.29) is 30.5 Å². The highest BCUT2D eigenvalue weighted by Gasteiger charge is 2.35. The predicted molar refractivity (Wildman–Crippen MR) is 99.9 cm³/mol. The molecule has 1 heterocycles. The van der Waals surface area contributed by atoms with Gasteiger partial charge in [0.2, 0.25) is 11.8 Å². The number of carbonyl (C=O) groups is 2. The summed E-state index contributed by atoms with van der Waals surface area (Å²) in [6, 6.07) is 11.5. The summed E-state index contributed by atoms with van der Waals surface area (Å²) in [5, 5.41) is 13.7. The smallest absolute Gasteiger partial charge is 0.274 e. The molecule has 0 aliphatic carbocycles. The summed E-state index contributed by atoms with van der Waals surface area (Å²) in [6.45, 7) is 1.89. The minimum Gasteiger partial charge on any atom is -0.497 e. The minimum atomic E-state index is -0.528. The number of nitrogens with one attached hydrogen (secondary N) is 1. The number of ether oxygens (including phenoxy) is 1. The van der Waals surface area contributed by atoms with Crippen molar-refractivity contribution in [2.75, 3.05) is 23.9 Å². The van der Waals surface area contributed by atoms with Crippen molar-refractivity contribution in [3.8, 4) is 5.75 Å². The van der Waals surface area contributed by atoms with Gasteiger partial charge in [-0.3, -0.25) is 19.7 Å². The molecule has 2 aromatic rings. The maximum absolute atomic E-state index is 12.5. The van der Waals surface area contributed by atoms with Crippen molar-refractivity contribution >= 4 is 28.9 Å². The van der Waals surface area contributed by atoms with Crippen molar-refractivity contribution in [2.24, 2.45) is 5.92 Å². The van der Waals surface area contributed by atoms with E-state index >= 15 is 0 Å². The molecule has 27 heavy (non-hydrogen) atoms. The van der Waals surface area contributed by atoms with Gasteiger partial charge in [0.05, 0.1) is 18.0 Å². The molecule has 1 fully saturated rings. The maximum atomic E-state index is 12.5. The summed E-state index contributed by atoms with van der Waals surface area (Å²) < 4.78 is 5.10. The molecule has 8 heteroatoms. The Labute approximate surface area is 155 Å². The molecule has 1 aliphatic heterocycles. The predicted octanol–water partition coefficient (Wildman–Crippen LogP) is 2.90. The zero-order valence-corrected chi connectivity index (χ0v) is 15.0. The van der Waals surface area contributed by atoms with Crippen LogP contribution in [0.15, 0.2) is 42.5 Å². The monoisotopic (exact) mass is 369 g/mol. The van der Waals surface area contributed by atoms with Gasteiger partial charge in [0, 0.05) is 36.0 Å². The lowest BCUT2D eigenvalue weighted by Crippen LogP contribution is -2.28. The van der Waals surface area contributed by atoms with Gasteiger partial charge in [-0.05, 0) is 37.3 Å². The van der Waals surface area contributed by atoms with Crippen LogP contribution < -0.4 is 15.0 Å². The summed E-state index contributed by atoms with van der Waals surface area (Å²) in [5.41, 5.74) is 1.49. The first-order valence-corrected chi connectivity index (χ1v) is 8.39. The van der Waals surface area contributed by atoms with Crippen molar-refractivity contribution in [2.45, 2.75) is 13.3 Å². The third-order valence-electron chi connectivity index (χ3n) is 4.55. The van der Waals surface area contributed by atoms with Crippen LogP contribution in [0.25, 0.3) is 0 Å². The molecule has 140 valence electrons. The summed E-state index contributed by atoms with van der Waals surface area (Å²) >= 11 is 0. The van der Waals surface area contributed by atoms with Crippen LogP contribution >= 0.6 is 0 Å². The normalized spacial score (nSPS) is 16.3. The largest absolute Gasteiger partial charge is 0.497 e.